The third kappa shape index (κ3) is 2.40. The van der Waals surface area contributed by atoms with Crippen LogP contribution in [0.4, 0.5) is 5.69 Å². The summed E-state index contributed by atoms with van der Waals surface area (Å²) < 4.78 is 5.36. The highest BCUT2D eigenvalue weighted by Gasteiger charge is 2.27. The van der Waals surface area contributed by atoms with Gasteiger partial charge in [-0.05, 0) is 29.1 Å². The first-order valence-corrected chi connectivity index (χ1v) is 7.19. The Hall–Kier alpha value is -2.25. The van der Waals surface area contributed by atoms with E-state index >= 15 is 0 Å². The van der Waals surface area contributed by atoms with Crippen LogP contribution in [0, 0.1) is 12.3 Å². The minimum Gasteiger partial charge on any atom is -0.481 e. The quantitative estimate of drug-likeness (QED) is 0.878. The molecule has 1 aromatic heterocycles. The number of carbonyl (C=O) groups excluding carboxylic acids is 1. The number of carbonyl (C=O) groups is 1. The number of hydrogen-bond donors (Lipinski definition) is 1. The Bertz CT molecular complexity index is 667. The van der Waals surface area contributed by atoms with Gasteiger partial charge in [0.2, 0.25) is 5.91 Å². The van der Waals surface area contributed by atoms with Crippen LogP contribution in [-0.4, -0.2) is 12.5 Å². The van der Waals surface area contributed by atoms with E-state index in [1.165, 1.54) is 4.88 Å². The Kier molecular flexibility index (Phi) is 3.44. The summed E-state index contributed by atoms with van der Waals surface area (Å²) in [4.78, 5) is 13.0. The van der Waals surface area contributed by atoms with Crippen LogP contribution in [0.2, 0.25) is 0 Å². The molecular weight excluding hydrogens is 270 g/mol. The van der Waals surface area contributed by atoms with Gasteiger partial charge in [-0.2, -0.15) is 0 Å². The van der Waals surface area contributed by atoms with Crippen molar-refractivity contribution in [1.82, 2.24) is 0 Å². The molecule has 0 aliphatic carbocycles. The fraction of sp³-hybridized carbons (Fsp3) is 0.188. The Balaban J connectivity index is 1.87. The summed E-state index contributed by atoms with van der Waals surface area (Å²) in [5.41, 5.74) is 2.06. The van der Waals surface area contributed by atoms with Crippen LogP contribution in [0.15, 0.2) is 35.7 Å². The van der Waals surface area contributed by atoms with Crippen molar-refractivity contribution in [2.45, 2.75) is 12.3 Å². The molecule has 0 saturated carbocycles. The van der Waals surface area contributed by atoms with Crippen molar-refractivity contribution in [3.05, 3.63) is 46.2 Å². The summed E-state index contributed by atoms with van der Waals surface area (Å²) in [5.74, 6) is 3.37. The smallest absolute Gasteiger partial charge is 0.225 e. The second-order valence-electron chi connectivity index (χ2n) is 4.57. The molecule has 4 heteroatoms. The molecule has 20 heavy (non-hydrogen) atoms. The van der Waals surface area contributed by atoms with E-state index in [0.29, 0.717) is 6.42 Å². The molecule has 0 fully saturated rings. The molecule has 2 heterocycles. The van der Waals surface area contributed by atoms with Gasteiger partial charge in [0.05, 0.1) is 5.69 Å². The Labute approximate surface area is 121 Å². The number of thiophene rings is 1. The SMILES string of the molecule is C#CCOc1ccc([C@H]2CC(=O)Nc3ccsc32)cc1. The first kappa shape index (κ1) is 12.8. The summed E-state index contributed by atoms with van der Waals surface area (Å²) in [6.45, 7) is 0.264. The van der Waals surface area contributed by atoms with Crippen molar-refractivity contribution in [2.24, 2.45) is 0 Å². The lowest BCUT2D eigenvalue weighted by Gasteiger charge is -2.23. The third-order valence-corrected chi connectivity index (χ3v) is 4.31. The first-order valence-electron chi connectivity index (χ1n) is 6.31. The van der Waals surface area contributed by atoms with Gasteiger partial charge in [-0.25, -0.2) is 0 Å². The summed E-state index contributed by atoms with van der Waals surface area (Å²) in [6.07, 6.45) is 5.65. The largest absolute Gasteiger partial charge is 0.481 e. The molecule has 0 spiro atoms. The number of benzene rings is 1. The summed E-state index contributed by atoms with van der Waals surface area (Å²) >= 11 is 1.68. The Morgan fingerprint density at radius 2 is 2.15 bits per heavy atom. The van der Waals surface area contributed by atoms with Crippen molar-refractivity contribution in [3.8, 4) is 18.1 Å². The Morgan fingerprint density at radius 3 is 2.90 bits per heavy atom. The van der Waals surface area contributed by atoms with Crippen LogP contribution < -0.4 is 10.1 Å². The van der Waals surface area contributed by atoms with E-state index in [1.54, 1.807) is 11.3 Å². The van der Waals surface area contributed by atoms with Crippen molar-refractivity contribution < 1.29 is 9.53 Å². The Morgan fingerprint density at radius 1 is 1.35 bits per heavy atom. The first-order chi connectivity index (χ1) is 9.78. The van der Waals surface area contributed by atoms with Crippen LogP contribution in [0.1, 0.15) is 22.8 Å². The van der Waals surface area contributed by atoms with Gasteiger partial charge in [0.1, 0.15) is 12.4 Å². The van der Waals surface area contributed by atoms with Gasteiger partial charge < -0.3 is 10.1 Å². The lowest BCUT2D eigenvalue weighted by molar-refractivity contribution is -0.116. The molecule has 2 aromatic rings. The lowest BCUT2D eigenvalue weighted by Crippen LogP contribution is -2.21. The topological polar surface area (TPSA) is 38.3 Å². The minimum absolute atomic E-state index is 0.0635. The number of rotatable bonds is 3. The van der Waals surface area contributed by atoms with Gasteiger partial charge in [0.25, 0.3) is 0 Å². The van der Waals surface area contributed by atoms with Crippen molar-refractivity contribution in [3.63, 3.8) is 0 Å². The number of amides is 1. The highest BCUT2D eigenvalue weighted by atomic mass is 32.1. The van der Waals surface area contributed by atoms with Gasteiger partial charge in [-0.15, -0.1) is 17.8 Å². The van der Waals surface area contributed by atoms with E-state index in [1.807, 2.05) is 35.7 Å². The van der Waals surface area contributed by atoms with Gasteiger partial charge in [0.15, 0.2) is 0 Å². The number of hydrogen-bond acceptors (Lipinski definition) is 3. The fourth-order valence-corrected chi connectivity index (χ4v) is 3.34. The minimum atomic E-state index is 0.0635. The average molecular weight is 283 g/mol. The predicted octanol–water partition coefficient (Wildman–Crippen LogP) is 3.23. The zero-order chi connectivity index (χ0) is 13.9. The molecule has 1 amide bonds. The highest BCUT2D eigenvalue weighted by molar-refractivity contribution is 7.10. The molecule has 0 bridgehead atoms. The van der Waals surface area contributed by atoms with E-state index in [2.05, 4.69) is 11.2 Å². The maximum atomic E-state index is 11.8. The molecule has 0 saturated heterocycles. The molecule has 1 aromatic carbocycles. The molecule has 1 atom stereocenters. The molecule has 3 nitrogen and oxygen atoms in total. The van der Waals surface area contributed by atoms with Crippen LogP contribution in [0.3, 0.4) is 0 Å². The van der Waals surface area contributed by atoms with E-state index < -0.39 is 0 Å². The zero-order valence-electron chi connectivity index (χ0n) is 10.8. The summed E-state index contributed by atoms with van der Waals surface area (Å²) in [7, 11) is 0. The fourth-order valence-electron chi connectivity index (χ4n) is 2.36. The normalized spacial score (nSPS) is 16.9. The van der Waals surface area contributed by atoms with Crippen molar-refractivity contribution >= 4 is 22.9 Å². The second kappa shape index (κ2) is 5.40. The van der Waals surface area contributed by atoms with Crippen LogP contribution in [0.25, 0.3) is 0 Å². The van der Waals surface area contributed by atoms with E-state index in [9.17, 15) is 4.79 Å². The zero-order valence-corrected chi connectivity index (χ0v) is 11.6. The molecular formula is C16H13NO2S. The number of fused-ring (bicyclic) bond motifs is 1. The van der Waals surface area contributed by atoms with E-state index in [0.717, 1.165) is 17.0 Å². The van der Waals surface area contributed by atoms with Crippen LogP contribution >= 0.6 is 11.3 Å². The average Bonchev–Trinajstić information content (AvgIpc) is 2.93. The van der Waals surface area contributed by atoms with Crippen LogP contribution in [-0.2, 0) is 4.79 Å². The summed E-state index contributed by atoms with van der Waals surface area (Å²) in [5, 5.41) is 4.91. The van der Waals surface area contributed by atoms with Gasteiger partial charge >= 0.3 is 0 Å². The molecule has 3 rings (SSSR count). The van der Waals surface area contributed by atoms with Gasteiger partial charge in [-0.3, -0.25) is 4.79 Å². The molecule has 1 aliphatic heterocycles. The van der Waals surface area contributed by atoms with E-state index in [-0.39, 0.29) is 18.4 Å². The molecule has 0 unspecified atom stereocenters. The molecule has 1 N–H and O–H groups in total. The van der Waals surface area contributed by atoms with Crippen molar-refractivity contribution in [2.75, 3.05) is 11.9 Å². The lowest BCUT2D eigenvalue weighted by atomic mass is 9.91. The maximum Gasteiger partial charge on any atom is 0.225 e. The summed E-state index contributed by atoms with van der Waals surface area (Å²) in [6, 6.07) is 9.74. The molecule has 1 aliphatic rings. The van der Waals surface area contributed by atoms with Crippen LogP contribution in [0.5, 0.6) is 5.75 Å². The number of ether oxygens (including phenoxy) is 1. The predicted molar refractivity (Wildman–Crippen MR) is 80.2 cm³/mol. The second-order valence-corrected chi connectivity index (χ2v) is 5.51. The number of nitrogens with one attached hydrogen (secondary N) is 1. The van der Waals surface area contributed by atoms with E-state index in [4.69, 9.17) is 11.2 Å². The third-order valence-electron chi connectivity index (χ3n) is 3.28. The highest BCUT2D eigenvalue weighted by Crippen LogP contribution is 2.40. The van der Waals surface area contributed by atoms with Crippen molar-refractivity contribution in [1.29, 1.82) is 0 Å². The molecule has 100 valence electrons. The number of anilines is 1. The monoisotopic (exact) mass is 283 g/mol. The van der Waals surface area contributed by atoms with Gasteiger partial charge in [0, 0.05) is 17.2 Å². The maximum absolute atomic E-state index is 11.8. The standard InChI is InChI=1S/C16H13NO2S/c1-2-8-19-12-5-3-11(4-6-12)13-10-15(18)17-14-7-9-20-16(13)14/h1,3-7,9,13H,8,10H2,(H,17,18)/t13-/m1/s1. The van der Waals surface area contributed by atoms with Gasteiger partial charge in [-0.1, -0.05) is 18.1 Å². The number of terminal acetylenes is 1. The molecule has 0 radical (unpaired) electrons.